The van der Waals surface area contributed by atoms with Crippen LogP contribution in [0.3, 0.4) is 0 Å². The summed E-state index contributed by atoms with van der Waals surface area (Å²) in [6.45, 7) is 10.4. The maximum atomic E-state index is 12.7. The van der Waals surface area contributed by atoms with Crippen molar-refractivity contribution in [3.8, 4) is 0 Å². The van der Waals surface area contributed by atoms with Crippen LogP contribution in [-0.4, -0.2) is 30.4 Å². The summed E-state index contributed by atoms with van der Waals surface area (Å²) in [7, 11) is 0. The third kappa shape index (κ3) is 4.62. The number of hydrogen-bond donors (Lipinski definition) is 0. The molecule has 1 aliphatic heterocycles. The molecule has 0 N–H and O–H groups in total. The highest BCUT2D eigenvalue weighted by molar-refractivity contribution is 6.01. The molecule has 2 aliphatic rings. The summed E-state index contributed by atoms with van der Waals surface area (Å²) in [5.41, 5.74) is -0.549. The Bertz CT molecular complexity index is 522. The summed E-state index contributed by atoms with van der Waals surface area (Å²) >= 11 is 0. The van der Waals surface area contributed by atoms with Gasteiger partial charge in [-0.25, -0.2) is 4.79 Å². The summed E-state index contributed by atoms with van der Waals surface area (Å²) in [4.78, 5) is 36.9. The number of hydrogen-bond acceptors (Lipinski definition) is 5. The molecule has 5 nitrogen and oxygen atoms in total. The maximum absolute atomic E-state index is 12.7. The molecule has 1 aliphatic carbocycles. The molecule has 0 spiro atoms. The molecule has 4 atom stereocenters. The van der Waals surface area contributed by atoms with Crippen LogP contribution in [0.2, 0.25) is 0 Å². The summed E-state index contributed by atoms with van der Waals surface area (Å²) < 4.78 is 10.5. The van der Waals surface area contributed by atoms with Crippen LogP contribution in [0.15, 0.2) is 0 Å². The lowest BCUT2D eigenvalue weighted by molar-refractivity contribution is -0.168. The molecular weight excluding hydrogens is 320 g/mol. The number of Topliss-reactive ketones (excluding diaryl/α,β-unsaturated/α-hetero) is 1. The number of carbonyl (C=O) groups is 3. The standard InChI is InChI=1S/C20H32O5/c1-12(2)7-6-8-13(3)14-9-10-15(21)16(14)18(22)25-17-19(23)24-11-20(17,4)5/h12-14,16-17H,6-11H2,1-5H3/t13-,14-,16-,17+/m1/s1. The first kappa shape index (κ1) is 19.9. The Hall–Kier alpha value is -1.39. The SMILES string of the molecule is CC(C)CCC[C@@H](C)[C@H]1CCC(=O)[C@@H]1C(=O)O[C@H]1C(=O)OCC1(C)C. The van der Waals surface area contributed by atoms with Crippen molar-refractivity contribution in [1.29, 1.82) is 0 Å². The van der Waals surface area contributed by atoms with Crippen molar-refractivity contribution in [2.24, 2.45) is 29.1 Å². The molecule has 1 saturated heterocycles. The second-order valence-corrected chi connectivity index (χ2v) is 8.86. The largest absolute Gasteiger partial charge is 0.462 e. The van der Waals surface area contributed by atoms with Gasteiger partial charge in [0.25, 0.3) is 0 Å². The van der Waals surface area contributed by atoms with Gasteiger partial charge in [0.05, 0.1) is 0 Å². The number of cyclic esters (lactones) is 1. The number of esters is 2. The summed E-state index contributed by atoms with van der Waals surface area (Å²) in [6.07, 6.45) is 3.52. The molecule has 25 heavy (non-hydrogen) atoms. The normalized spacial score (nSPS) is 29.8. The highest BCUT2D eigenvalue weighted by Gasteiger charge is 2.50. The van der Waals surface area contributed by atoms with E-state index >= 15 is 0 Å². The van der Waals surface area contributed by atoms with Crippen LogP contribution in [0.25, 0.3) is 0 Å². The van der Waals surface area contributed by atoms with Crippen LogP contribution >= 0.6 is 0 Å². The van der Waals surface area contributed by atoms with Crippen molar-refractivity contribution in [2.75, 3.05) is 6.61 Å². The molecule has 0 bridgehead atoms. The van der Waals surface area contributed by atoms with E-state index in [1.807, 2.05) is 13.8 Å². The van der Waals surface area contributed by atoms with Crippen LogP contribution in [0, 0.1) is 29.1 Å². The van der Waals surface area contributed by atoms with Crippen LogP contribution < -0.4 is 0 Å². The molecule has 0 unspecified atom stereocenters. The lowest BCUT2D eigenvalue weighted by Crippen LogP contribution is -2.39. The van der Waals surface area contributed by atoms with E-state index in [4.69, 9.17) is 9.47 Å². The Morgan fingerprint density at radius 1 is 1.24 bits per heavy atom. The first-order valence-corrected chi connectivity index (χ1v) is 9.53. The molecule has 0 aromatic heterocycles. The fourth-order valence-corrected chi connectivity index (χ4v) is 3.98. The predicted octanol–water partition coefficient (Wildman–Crippen LogP) is 3.54. The van der Waals surface area contributed by atoms with Crippen molar-refractivity contribution in [1.82, 2.24) is 0 Å². The third-order valence-corrected chi connectivity index (χ3v) is 5.67. The van der Waals surface area contributed by atoms with E-state index < -0.39 is 29.4 Å². The third-order valence-electron chi connectivity index (χ3n) is 5.67. The van der Waals surface area contributed by atoms with E-state index in [1.54, 1.807) is 0 Å². The Labute approximate surface area is 150 Å². The number of ether oxygens (including phenoxy) is 2. The number of rotatable bonds is 7. The van der Waals surface area contributed by atoms with Gasteiger partial charge in [-0.2, -0.15) is 0 Å². The van der Waals surface area contributed by atoms with Gasteiger partial charge in [-0.15, -0.1) is 0 Å². The minimum absolute atomic E-state index is 0.0210. The van der Waals surface area contributed by atoms with Gasteiger partial charge in [-0.05, 0) is 24.2 Å². The Morgan fingerprint density at radius 3 is 2.48 bits per heavy atom. The Kier molecular flexibility index (Phi) is 6.28. The van der Waals surface area contributed by atoms with Crippen molar-refractivity contribution in [2.45, 2.75) is 72.8 Å². The summed E-state index contributed by atoms with van der Waals surface area (Å²) in [5, 5.41) is 0. The van der Waals surface area contributed by atoms with Gasteiger partial charge in [-0.1, -0.05) is 53.9 Å². The number of carbonyl (C=O) groups excluding carboxylic acids is 3. The molecular formula is C20H32O5. The van der Waals surface area contributed by atoms with Crippen LogP contribution in [0.1, 0.15) is 66.7 Å². The highest BCUT2D eigenvalue weighted by Crippen LogP contribution is 2.39. The molecule has 1 saturated carbocycles. The molecule has 0 radical (unpaired) electrons. The van der Waals surface area contributed by atoms with E-state index in [9.17, 15) is 14.4 Å². The van der Waals surface area contributed by atoms with Gasteiger partial charge < -0.3 is 9.47 Å². The highest BCUT2D eigenvalue weighted by atomic mass is 16.6. The molecule has 2 fully saturated rings. The topological polar surface area (TPSA) is 69.7 Å². The first-order chi connectivity index (χ1) is 11.6. The zero-order valence-corrected chi connectivity index (χ0v) is 16.2. The average molecular weight is 352 g/mol. The Morgan fingerprint density at radius 2 is 1.92 bits per heavy atom. The quantitative estimate of drug-likeness (QED) is 0.518. The average Bonchev–Trinajstić information content (AvgIpc) is 3.01. The monoisotopic (exact) mass is 352 g/mol. The second-order valence-electron chi connectivity index (χ2n) is 8.86. The van der Waals surface area contributed by atoms with Gasteiger partial charge in [-0.3, -0.25) is 9.59 Å². The van der Waals surface area contributed by atoms with E-state index in [1.165, 1.54) is 0 Å². The lowest BCUT2D eigenvalue weighted by Gasteiger charge is -2.27. The lowest BCUT2D eigenvalue weighted by atomic mass is 9.81. The van der Waals surface area contributed by atoms with Crippen molar-refractivity contribution in [3.05, 3.63) is 0 Å². The van der Waals surface area contributed by atoms with Gasteiger partial charge in [0.15, 0.2) is 0 Å². The maximum Gasteiger partial charge on any atom is 0.348 e. The van der Waals surface area contributed by atoms with Crippen molar-refractivity contribution < 1.29 is 23.9 Å². The smallest absolute Gasteiger partial charge is 0.348 e. The minimum Gasteiger partial charge on any atom is -0.462 e. The van der Waals surface area contributed by atoms with Crippen molar-refractivity contribution in [3.63, 3.8) is 0 Å². The molecule has 0 aromatic carbocycles. The van der Waals surface area contributed by atoms with Crippen LogP contribution in [0.4, 0.5) is 0 Å². The van der Waals surface area contributed by atoms with Crippen LogP contribution in [0.5, 0.6) is 0 Å². The van der Waals surface area contributed by atoms with Crippen molar-refractivity contribution >= 4 is 17.7 Å². The van der Waals surface area contributed by atoms with Gasteiger partial charge >= 0.3 is 11.9 Å². The zero-order valence-electron chi connectivity index (χ0n) is 16.2. The van der Waals surface area contributed by atoms with Gasteiger partial charge in [0.1, 0.15) is 18.3 Å². The van der Waals surface area contributed by atoms with E-state index in [0.717, 1.165) is 25.7 Å². The van der Waals surface area contributed by atoms with E-state index in [2.05, 4.69) is 20.8 Å². The predicted molar refractivity (Wildman–Crippen MR) is 93.7 cm³/mol. The summed E-state index contributed by atoms with van der Waals surface area (Å²) in [5.74, 6) is -0.841. The van der Waals surface area contributed by atoms with Crippen LogP contribution in [-0.2, 0) is 23.9 Å². The summed E-state index contributed by atoms with van der Waals surface area (Å²) in [6, 6.07) is 0. The fourth-order valence-electron chi connectivity index (χ4n) is 3.98. The molecule has 0 aromatic rings. The van der Waals surface area contributed by atoms with Gasteiger partial charge in [0, 0.05) is 11.8 Å². The zero-order chi connectivity index (χ0) is 18.8. The van der Waals surface area contributed by atoms with E-state index in [-0.39, 0.29) is 18.3 Å². The molecule has 1 heterocycles. The molecule has 0 amide bonds. The molecule has 142 valence electrons. The number of ketones is 1. The van der Waals surface area contributed by atoms with Gasteiger partial charge in [0.2, 0.25) is 6.10 Å². The van der Waals surface area contributed by atoms with E-state index in [0.29, 0.717) is 18.3 Å². The molecule has 2 rings (SSSR count). The first-order valence-electron chi connectivity index (χ1n) is 9.53. The fraction of sp³-hybridized carbons (Fsp3) is 0.850. The minimum atomic E-state index is -0.912. The molecule has 5 heteroatoms. The Balaban J connectivity index is 2.00. The second kappa shape index (κ2) is 7.88.